The Bertz CT molecular complexity index is 316. The molecule has 0 aromatic carbocycles. The second-order valence-electron chi connectivity index (χ2n) is 4.53. The van der Waals surface area contributed by atoms with Crippen LogP contribution in [0.15, 0.2) is 6.20 Å². The normalized spacial score (nSPS) is 19.1. The van der Waals surface area contributed by atoms with Crippen molar-refractivity contribution in [1.82, 2.24) is 15.2 Å². The van der Waals surface area contributed by atoms with Gasteiger partial charge in [-0.3, -0.25) is 0 Å². The molecule has 0 saturated carbocycles. The zero-order chi connectivity index (χ0) is 11.4. The van der Waals surface area contributed by atoms with Crippen LogP contribution in [0.5, 0.6) is 0 Å². The lowest BCUT2D eigenvalue weighted by atomic mass is 10.1. The van der Waals surface area contributed by atoms with Gasteiger partial charge in [-0.05, 0) is 39.4 Å². The van der Waals surface area contributed by atoms with Crippen molar-refractivity contribution < 1.29 is 0 Å². The van der Waals surface area contributed by atoms with Gasteiger partial charge in [0.15, 0.2) is 0 Å². The summed E-state index contributed by atoms with van der Waals surface area (Å²) in [4.78, 5) is 8.22. The second kappa shape index (κ2) is 5.75. The number of nitrogens with zero attached hydrogens (tertiary/aromatic N) is 2. The zero-order valence-corrected chi connectivity index (χ0v) is 11.0. The first-order chi connectivity index (χ1) is 7.78. The molecule has 0 radical (unpaired) electrons. The van der Waals surface area contributed by atoms with Gasteiger partial charge in [-0.15, -0.1) is 11.3 Å². The maximum Gasteiger partial charge on any atom is 0.107 e. The largest absolute Gasteiger partial charge is 0.308 e. The number of aromatic nitrogens is 1. The van der Waals surface area contributed by atoms with Crippen LogP contribution in [0.25, 0.3) is 0 Å². The average Bonchev–Trinajstić information content (AvgIpc) is 2.76. The molecule has 0 atom stereocenters. The van der Waals surface area contributed by atoms with Gasteiger partial charge in [-0.1, -0.05) is 6.92 Å². The van der Waals surface area contributed by atoms with Crippen LogP contribution in [-0.2, 0) is 13.0 Å². The minimum Gasteiger partial charge on any atom is -0.308 e. The highest BCUT2D eigenvalue weighted by Gasteiger charge is 2.16. The molecule has 90 valence electrons. The number of piperidine rings is 1. The number of hydrogen-bond acceptors (Lipinski definition) is 4. The summed E-state index contributed by atoms with van der Waals surface area (Å²) in [6, 6.07) is 0.685. The smallest absolute Gasteiger partial charge is 0.107 e. The van der Waals surface area contributed by atoms with Gasteiger partial charge in [0, 0.05) is 23.7 Å². The number of thiazole rings is 1. The molecule has 0 unspecified atom stereocenters. The summed E-state index contributed by atoms with van der Waals surface area (Å²) < 4.78 is 0. The van der Waals surface area contributed by atoms with Crippen molar-refractivity contribution in [2.45, 2.75) is 38.8 Å². The van der Waals surface area contributed by atoms with Gasteiger partial charge in [-0.25, -0.2) is 4.98 Å². The molecular formula is C12H21N3S. The molecule has 1 fully saturated rings. The van der Waals surface area contributed by atoms with E-state index in [1.807, 2.05) is 17.5 Å². The van der Waals surface area contributed by atoms with Crippen LogP contribution in [0.4, 0.5) is 0 Å². The van der Waals surface area contributed by atoms with Crippen LogP contribution in [0.2, 0.25) is 0 Å². The molecule has 2 heterocycles. The Kier molecular flexibility index (Phi) is 4.32. The standard InChI is InChI=1S/C12H21N3S/c1-3-11-8-14-12(16-11)9-13-10-4-6-15(2)7-5-10/h8,10,13H,3-7,9H2,1-2H3. The summed E-state index contributed by atoms with van der Waals surface area (Å²) in [5.74, 6) is 0. The molecule has 16 heavy (non-hydrogen) atoms. The fraction of sp³-hybridized carbons (Fsp3) is 0.750. The van der Waals surface area contributed by atoms with Crippen molar-refractivity contribution in [3.05, 3.63) is 16.1 Å². The lowest BCUT2D eigenvalue weighted by Crippen LogP contribution is -2.40. The molecule has 3 nitrogen and oxygen atoms in total. The van der Waals surface area contributed by atoms with E-state index in [4.69, 9.17) is 0 Å². The van der Waals surface area contributed by atoms with Crippen LogP contribution < -0.4 is 5.32 Å². The molecule has 1 saturated heterocycles. The molecule has 2 rings (SSSR count). The van der Waals surface area contributed by atoms with Crippen molar-refractivity contribution in [3.8, 4) is 0 Å². The highest BCUT2D eigenvalue weighted by molar-refractivity contribution is 7.11. The molecule has 1 aromatic rings. The van der Waals surface area contributed by atoms with Gasteiger partial charge in [0.05, 0.1) is 0 Å². The first-order valence-electron chi connectivity index (χ1n) is 6.13. The average molecular weight is 239 g/mol. The predicted octanol–water partition coefficient (Wildman–Crippen LogP) is 1.89. The first-order valence-corrected chi connectivity index (χ1v) is 6.95. The van der Waals surface area contributed by atoms with E-state index < -0.39 is 0 Å². The van der Waals surface area contributed by atoms with Gasteiger partial charge in [0.2, 0.25) is 0 Å². The Labute approximate surface area is 102 Å². The third-order valence-corrected chi connectivity index (χ3v) is 4.35. The summed E-state index contributed by atoms with van der Waals surface area (Å²) in [6.45, 7) is 5.56. The number of aryl methyl sites for hydroxylation is 1. The minimum absolute atomic E-state index is 0.685. The highest BCUT2D eigenvalue weighted by Crippen LogP contribution is 2.14. The molecule has 1 aromatic heterocycles. The number of likely N-dealkylation sites (tertiary alicyclic amines) is 1. The maximum atomic E-state index is 4.43. The molecule has 0 amide bonds. The molecule has 1 aliphatic heterocycles. The summed E-state index contributed by atoms with van der Waals surface area (Å²) in [7, 11) is 2.20. The third-order valence-electron chi connectivity index (χ3n) is 3.21. The van der Waals surface area contributed by atoms with Crippen molar-refractivity contribution in [3.63, 3.8) is 0 Å². The van der Waals surface area contributed by atoms with Gasteiger partial charge in [-0.2, -0.15) is 0 Å². The Morgan fingerprint density at radius 1 is 1.50 bits per heavy atom. The summed E-state index contributed by atoms with van der Waals surface area (Å²) in [5.41, 5.74) is 0. The molecule has 1 aliphatic rings. The second-order valence-corrected chi connectivity index (χ2v) is 5.73. The Hall–Kier alpha value is -0.450. The fourth-order valence-electron chi connectivity index (χ4n) is 2.04. The van der Waals surface area contributed by atoms with Gasteiger partial charge in [0.1, 0.15) is 5.01 Å². The Balaban J connectivity index is 1.74. The predicted molar refractivity (Wildman–Crippen MR) is 68.9 cm³/mol. The van der Waals surface area contributed by atoms with Crippen LogP contribution in [-0.4, -0.2) is 36.1 Å². The van der Waals surface area contributed by atoms with Crippen LogP contribution in [0.1, 0.15) is 29.7 Å². The van der Waals surface area contributed by atoms with Crippen LogP contribution >= 0.6 is 11.3 Å². The van der Waals surface area contributed by atoms with E-state index >= 15 is 0 Å². The molecule has 0 bridgehead atoms. The Morgan fingerprint density at radius 2 is 2.25 bits per heavy atom. The highest BCUT2D eigenvalue weighted by atomic mass is 32.1. The van der Waals surface area contributed by atoms with Gasteiger partial charge < -0.3 is 10.2 Å². The topological polar surface area (TPSA) is 28.2 Å². The van der Waals surface area contributed by atoms with E-state index in [2.05, 4.69) is 29.2 Å². The lowest BCUT2D eigenvalue weighted by Gasteiger charge is -2.29. The number of rotatable bonds is 4. The monoisotopic (exact) mass is 239 g/mol. The van der Waals surface area contributed by atoms with E-state index in [9.17, 15) is 0 Å². The van der Waals surface area contributed by atoms with Gasteiger partial charge >= 0.3 is 0 Å². The molecule has 0 aliphatic carbocycles. The molecule has 0 spiro atoms. The fourth-order valence-corrected chi connectivity index (χ4v) is 2.85. The van der Waals surface area contributed by atoms with E-state index in [1.54, 1.807) is 0 Å². The zero-order valence-electron chi connectivity index (χ0n) is 10.2. The van der Waals surface area contributed by atoms with Crippen molar-refractivity contribution in [1.29, 1.82) is 0 Å². The van der Waals surface area contributed by atoms with E-state index in [0.29, 0.717) is 6.04 Å². The van der Waals surface area contributed by atoms with E-state index in [-0.39, 0.29) is 0 Å². The van der Waals surface area contributed by atoms with Crippen molar-refractivity contribution in [2.24, 2.45) is 0 Å². The summed E-state index contributed by atoms with van der Waals surface area (Å²) in [6.07, 6.45) is 5.65. The first kappa shape index (κ1) is 12.0. The minimum atomic E-state index is 0.685. The molecule has 1 N–H and O–H groups in total. The van der Waals surface area contributed by atoms with Crippen molar-refractivity contribution in [2.75, 3.05) is 20.1 Å². The molecule has 4 heteroatoms. The van der Waals surface area contributed by atoms with Crippen molar-refractivity contribution >= 4 is 11.3 Å². The number of nitrogens with one attached hydrogen (secondary N) is 1. The summed E-state index contributed by atoms with van der Waals surface area (Å²) in [5, 5.41) is 4.85. The Morgan fingerprint density at radius 3 is 2.88 bits per heavy atom. The summed E-state index contributed by atoms with van der Waals surface area (Å²) >= 11 is 1.84. The SMILES string of the molecule is CCc1cnc(CNC2CCN(C)CC2)s1. The third kappa shape index (κ3) is 3.27. The van der Waals surface area contributed by atoms with E-state index in [1.165, 1.54) is 35.8 Å². The lowest BCUT2D eigenvalue weighted by molar-refractivity contribution is 0.234. The quantitative estimate of drug-likeness (QED) is 0.869. The van der Waals surface area contributed by atoms with E-state index in [0.717, 1.165) is 13.0 Å². The maximum absolute atomic E-state index is 4.43. The van der Waals surface area contributed by atoms with Crippen LogP contribution in [0, 0.1) is 0 Å². The van der Waals surface area contributed by atoms with Crippen LogP contribution in [0.3, 0.4) is 0 Å². The number of hydrogen-bond donors (Lipinski definition) is 1. The molecular weight excluding hydrogens is 218 g/mol. The van der Waals surface area contributed by atoms with Gasteiger partial charge in [0.25, 0.3) is 0 Å².